The molecule has 7 nitrogen and oxygen atoms in total. The first-order valence-corrected chi connectivity index (χ1v) is 8.31. The topological polar surface area (TPSA) is 106 Å². The van der Waals surface area contributed by atoms with Gasteiger partial charge in [-0.3, -0.25) is 19.6 Å². The molecule has 118 valence electrons. The fourth-order valence-corrected chi connectivity index (χ4v) is 3.82. The van der Waals surface area contributed by atoms with Crippen molar-refractivity contribution < 1.29 is 22.5 Å². The first-order valence-electron chi connectivity index (χ1n) is 6.77. The third kappa shape index (κ3) is 2.45. The second kappa shape index (κ2) is 4.73. The molecule has 2 aliphatic rings. The van der Waals surface area contributed by atoms with Crippen LogP contribution < -0.4 is 4.72 Å². The van der Waals surface area contributed by atoms with E-state index in [-0.39, 0.29) is 5.56 Å². The summed E-state index contributed by atoms with van der Waals surface area (Å²) in [6.45, 7) is 0. The summed E-state index contributed by atoms with van der Waals surface area (Å²) in [5.41, 5.74) is -1.65. The summed E-state index contributed by atoms with van der Waals surface area (Å²) in [7, 11) is -3.70. The van der Waals surface area contributed by atoms with Gasteiger partial charge in [-0.2, -0.15) is 0 Å². The van der Waals surface area contributed by atoms with Gasteiger partial charge in [0.05, 0.1) is 21.7 Å². The zero-order valence-corrected chi connectivity index (χ0v) is 12.2. The van der Waals surface area contributed by atoms with Gasteiger partial charge < -0.3 is 0 Å². The lowest BCUT2D eigenvalue weighted by molar-refractivity contribution is -0.385. The highest BCUT2D eigenvalue weighted by atomic mass is 32.2. The summed E-state index contributed by atoms with van der Waals surface area (Å²) in [6.07, 6.45) is 1.66. The maximum atomic E-state index is 14.1. The zero-order valence-electron chi connectivity index (χ0n) is 11.4. The molecule has 0 aromatic heterocycles. The summed E-state index contributed by atoms with van der Waals surface area (Å²) in [5.74, 6) is -1.63. The van der Waals surface area contributed by atoms with Crippen molar-refractivity contribution in [1.29, 1.82) is 0 Å². The van der Waals surface area contributed by atoms with E-state index in [9.17, 15) is 27.7 Å². The fraction of sp³-hybridized carbons (Fsp3) is 0.462. The zero-order chi connectivity index (χ0) is 16.1. The van der Waals surface area contributed by atoms with E-state index < -0.39 is 43.0 Å². The second-order valence-electron chi connectivity index (χ2n) is 5.68. The smallest absolute Gasteiger partial charge is 0.272 e. The number of hydrogen-bond acceptors (Lipinski definition) is 5. The van der Waals surface area contributed by atoms with Crippen LogP contribution in [0.4, 0.5) is 10.1 Å². The molecule has 3 rings (SSSR count). The summed E-state index contributed by atoms with van der Waals surface area (Å²) < 4.78 is 39.7. The maximum Gasteiger partial charge on any atom is 0.272 e. The number of nitrogens with zero attached hydrogens (tertiary/aromatic N) is 1. The van der Waals surface area contributed by atoms with Crippen molar-refractivity contribution in [1.82, 2.24) is 4.72 Å². The number of nitro groups is 1. The van der Waals surface area contributed by atoms with E-state index in [4.69, 9.17) is 0 Å². The van der Waals surface area contributed by atoms with Crippen LogP contribution in [-0.4, -0.2) is 24.5 Å². The molecular formula is C13H13FN2O5S. The fourth-order valence-electron chi connectivity index (χ4n) is 2.44. The average Bonchev–Trinajstić information content (AvgIpc) is 3.29. The molecule has 1 N–H and O–H groups in total. The lowest BCUT2D eigenvalue weighted by Gasteiger charge is -2.16. The highest BCUT2D eigenvalue weighted by molar-refractivity contribution is 7.90. The van der Waals surface area contributed by atoms with Crippen molar-refractivity contribution in [3.05, 3.63) is 39.7 Å². The van der Waals surface area contributed by atoms with Crippen molar-refractivity contribution in [3.8, 4) is 0 Å². The minimum absolute atomic E-state index is 0.00148. The van der Waals surface area contributed by atoms with Crippen LogP contribution >= 0.6 is 0 Å². The van der Waals surface area contributed by atoms with Crippen molar-refractivity contribution in [2.24, 2.45) is 0 Å². The number of carbonyl (C=O) groups excluding carboxylic acids is 1. The molecule has 2 aliphatic carbocycles. The number of non-ortho nitro benzene ring substituents is 1. The standard InChI is InChI=1S/C13H13FN2O5S/c14-11-7-8(16(18)19)1-4-10(11)13(5-6-13)12(17)15-22(20,21)9-2-3-9/h1,4,7,9H,2-3,5-6H2,(H,15,17). The summed E-state index contributed by atoms with van der Waals surface area (Å²) in [4.78, 5) is 22.1. The Balaban J connectivity index is 1.87. The van der Waals surface area contributed by atoms with E-state index in [1.807, 2.05) is 4.72 Å². The molecule has 0 heterocycles. The average molecular weight is 328 g/mol. The molecule has 1 aromatic rings. The van der Waals surface area contributed by atoms with Crippen LogP contribution in [0.25, 0.3) is 0 Å². The van der Waals surface area contributed by atoms with Crippen LogP contribution in [0.15, 0.2) is 18.2 Å². The third-order valence-electron chi connectivity index (χ3n) is 4.06. The van der Waals surface area contributed by atoms with E-state index >= 15 is 0 Å². The molecule has 0 atom stereocenters. The molecule has 0 unspecified atom stereocenters. The van der Waals surface area contributed by atoms with Crippen molar-refractivity contribution in [2.45, 2.75) is 36.3 Å². The van der Waals surface area contributed by atoms with Crippen LogP contribution in [0, 0.1) is 15.9 Å². The van der Waals surface area contributed by atoms with E-state index in [0.717, 1.165) is 12.1 Å². The van der Waals surface area contributed by atoms with Gasteiger partial charge in [0.25, 0.3) is 5.69 Å². The number of halogens is 1. The Labute approximate surface area is 125 Å². The van der Waals surface area contributed by atoms with Crippen molar-refractivity contribution >= 4 is 21.6 Å². The Morgan fingerprint density at radius 2 is 2.00 bits per heavy atom. The monoisotopic (exact) mass is 328 g/mol. The maximum absolute atomic E-state index is 14.1. The SMILES string of the molecule is O=C(NS(=O)(=O)C1CC1)C1(c2ccc([N+](=O)[O-])cc2F)CC1. The van der Waals surface area contributed by atoms with Gasteiger partial charge in [0, 0.05) is 11.6 Å². The number of nitro benzene ring substituents is 1. The highest BCUT2D eigenvalue weighted by Gasteiger charge is 2.54. The largest absolute Gasteiger partial charge is 0.273 e. The van der Waals surface area contributed by atoms with Gasteiger partial charge in [-0.15, -0.1) is 0 Å². The van der Waals surface area contributed by atoms with Gasteiger partial charge in [0.1, 0.15) is 5.82 Å². The molecular weight excluding hydrogens is 315 g/mol. The number of benzene rings is 1. The molecule has 22 heavy (non-hydrogen) atoms. The van der Waals surface area contributed by atoms with Crippen molar-refractivity contribution in [2.75, 3.05) is 0 Å². The normalized spacial score (nSPS) is 19.5. The molecule has 2 saturated carbocycles. The molecule has 2 fully saturated rings. The number of hydrogen-bond donors (Lipinski definition) is 1. The molecule has 1 amide bonds. The van der Waals surface area contributed by atoms with Gasteiger partial charge in [0.2, 0.25) is 15.9 Å². The van der Waals surface area contributed by atoms with Crippen LogP contribution in [0.1, 0.15) is 31.2 Å². The highest BCUT2D eigenvalue weighted by Crippen LogP contribution is 2.50. The third-order valence-corrected chi connectivity index (χ3v) is 5.88. The molecule has 0 aliphatic heterocycles. The second-order valence-corrected chi connectivity index (χ2v) is 7.64. The molecule has 0 bridgehead atoms. The summed E-state index contributed by atoms with van der Waals surface area (Å²) in [6, 6.07) is 3.04. The van der Waals surface area contributed by atoms with Gasteiger partial charge in [0.15, 0.2) is 0 Å². The van der Waals surface area contributed by atoms with Gasteiger partial charge >= 0.3 is 0 Å². The first-order chi connectivity index (χ1) is 10.3. The summed E-state index contributed by atoms with van der Waals surface area (Å²) >= 11 is 0. The lowest BCUT2D eigenvalue weighted by Crippen LogP contribution is -2.40. The molecule has 0 radical (unpaired) electrons. The van der Waals surface area contributed by atoms with Crippen LogP contribution in [-0.2, 0) is 20.2 Å². The predicted molar refractivity (Wildman–Crippen MR) is 74.1 cm³/mol. The summed E-state index contributed by atoms with van der Waals surface area (Å²) in [5, 5.41) is 10.1. The Morgan fingerprint density at radius 1 is 1.36 bits per heavy atom. The molecule has 9 heteroatoms. The van der Waals surface area contributed by atoms with E-state index in [0.29, 0.717) is 25.7 Å². The number of rotatable bonds is 5. The Bertz CT molecular complexity index is 769. The number of sulfonamides is 1. The van der Waals surface area contributed by atoms with E-state index in [1.165, 1.54) is 6.07 Å². The first kappa shape index (κ1) is 14.9. The van der Waals surface area contributed by atoms with E-state index in [1.54, 1.807) is 0 Å². The van der Waals surface area contributed by atoms with Crippen LogP contribution in [0.2, 0.25) is 0 Å². The van der Waals surface area contributed by atoms with Gasteiger partial charge in [-0.05, 0) is 31.7 Å². The minimum atomic E-state index is -3.70. The Hall–Kier alpha value is -2.03. The molecule has 1 aromatic carbocycles. The predicted octanol–water partition coefficient (Wildman–Crippen LogP) is 1.37. The number of carbonyl (C=O) groups is 1. The van der Waals surface area contributed by atoms with Crippen molar-refractivity contribution in [3.63, 3.8) is 0 Å². The lowest BCUT2D eigenvalue weighted by atomic mass is 9.94. The molecule has 0 spiro atoms. The molecule has 0 saturated heterocycles. The quantitative estimate of drug-likeness (QED) is 0.649. The van der Waals surface area contributed by atoms with Gasteiger partial charge in [-0.25, -0.2) is 12.8 Å². The van der Waals surface area contributed by atoms with Gasteiger partial charge in [-0.1, -0.05) is 0 Å². The van der Waals surface area contributed by atoms with E-state index in [2.05, 4.69) is 0 Å². The number of amides is 1. The number of nitrogens with one attached hydrogen (secondary N) is 1. The Morgan fingerprint density at radius 3 is 2.45 bits per heavy atom. The minimum Gasteiger partial charge on any atom is -0.273 e. The van der Waals surface area contributed by atoms with Crippen LogP contribution in [0.5, 0.6) is 0 Å². The Kier molecular flexibility index (Phi) is 3.20. The van der Waals surface area contributed by atoms with Crippen LogP contribution in [0.3, 0.4) is 0 Å².